The molecule has 3 aromatic rings. The topological polar surface area (TPSA) is 79.8 Å². The lowest BCUT2D eigenvalue weighted by molar-refractivity contribution is 0.0595. The Morgan fingerprint density at radius 1 is 0.971 bits per heavy atom. The molecule has 0 aliphatic carbocycles. The Bertz CT molecular complexity index is 1220. The van der Waals surface area contributed by atoms with Crippen LogP contribution in [-0.4, -0.2) is 60.8 Å². The molecule has 2 aliphatic heterocycles. The minimum atomic E-state index is -3.51. The van der Waals surface area contributed by atoms with Gasteiger partial charge in [0.2, 0.25) is 10.0 Å². The lowest BCUT2D eigenvalue weighted by atomic mass is 10.0. The number of likely N-dealkylation sites (tertiary alicyclic amines) is 1. The van der Waals surface area contributed by atoms with Crippen LogP contribution < -0.4 is 4.74 Å². The summed E-state index contributed by atoms with van der Waals surface area (Å²) < 4.78 is 34.6. The van der Waals surface area contributed by atoms with Crippen molar-refractivity contribution in [3.63, 3.8) is 0 Å². The molecule has 2 aromatic carbocycles. The molecule has 0 bridgehead atoms. The molecule has 0 unspecified atom stereocenters. The summed E-state index contributed by atoms with van der Waals surface area (Å²) in [6, 6.07) is 14.3. The van der Waals surface area contributed by atoms with E-state index < -0.39 is 10.0 Å². The third-order valence-electron chi connectivity index (χ3n) is 6.75. The van der Waals surface area contributed by atoms with Crippen molar-refractivity contribution in [2.24, 2.45) is 5.92 Å². The quantitative estimate of drug-likeness (QED) is 0.520. The number of benzene rings is 2. The Labute approximate surface area is 204 Å². The van der Waals surface area contributed by atoms with E-state index in [4.69, 9.17) is 4.74 Å². The van der Waals surface area contributed by atoms with Gasteiger partial charge in [-0.15, -0.1) is 0 Å². The van der Waals surface area contributed by atoms with E-state index in [0.29, 0.717) is 42.9 Å². The highest BCUT2D eigenvalue weighted by Crippen LogP contribution is 2.30. The van der Waals surface area contributed by atoms with Crippen LogP contribution in [0.1, 0.15) is 43.0 Å². The number of para-hydroxylation sites is 1. The first-order chi connectivity index (χ1) is 16.4. The highest BCUT2D eigenvalue weighted by molar-refractivity contribution is 7.89. The molecule has 180 valence electrons. The fourth-order valence-corrected chi connectivity index (χ4v) is 6.90. The van der Waals surface area contributed by atoms with Gasteiger partial charge in [-0.1, -0.05) is 30.4 Å². The lowest BCUT2D eigenvalue weighted by Crippen LogP contribution is -2.41. The van der Waals surface area contributed by atoms with Gasteiger partial charge in [-0.25, -0.2) is 13.4 Å². The number of rotatable bonds is 5. The molecular formula is C25H29N3O4S2. The molecule has 2 fully saturated rings. The molecule has 1 amide bonds. The van der Waals surface area contributed by atoms with E-state index in [1.54, 1.807) is 39.9 Å². The van der Waals surface area contributed by atoms with Crippen molar-refractivity contribution in [2.75, 3.05) is 26.2 Å². The molecule has 2 saturated heterocycles. The second kappa shape index (κ2) is 9.64. The number of fused-ring (bicyclic) bond motifs is 1. The minimum absolute atomic E-state index is 0.0318. The summed E-state index contributed by atoms with van der Waals surface area (Å²) in [4.78, 5) is 19.6. The SMILES string of the molecule is CC1CCN(S(=O)(=O)c2ccc(C(=O)N3CCC(Oc4nc5ccccc5s4)CC3)cc2)CC1. The first-order valence-electron chi connectivity index (χ1n) is 11.8. The van der Waals surface area contributed by atoms with Crippen LogP contribution in [0.4, 0.5) is 0 Å². The van der Waals surface area contributed by atoms with Crippen molar-refractivity contribution >= 4 is 37.5 Å². The van der Waals surface area contributed by atoms with E-state index in [2.05, 4.69) is 11.9 Å². The van der Waals surface area contributed by atoms with Crippen LogP contribution in [0.2, 0.25) is 0 Å². The van der Waals surface area contributed by atoms with Gasteiger partial charge in [0, 0.05) is 44.6 Å². The van der Waals surface area contributed by atoms with E-state index >= 15 is 0 Å². The van der Waals surface area contributed by atoms with Crippen molar-refractivity contribution in [1.29, 1.82) is 0 Å². The summed E-state index contributed by atoms with van der Waals surface area (Å²) in [6.45, 7) is 4.46. The first-order valence-corrected chi connectivity index (χ1v) is 14.1. The van der Waals surface area contributed by atoms with Gasteiger partial charge in [0.15, 0.2) is 0 Å². The van der Waals surface area contributed by atoms with Crippen LogP contribution in [0.15, 0.2) is 53.4 Å². The Morgan fingerprint density at radius 2 is 1.65 bits per heavy atom. The highest BCUT2D eigenvalue weighted by Gasteiger charge is 2.29. The van der Waals surface area contributed by atoms with Crippen LogP contribution in [-0.2, 0) is 10.0 Å². The summed E-state index contributed by atoms with van der Waals surface area (Å²) >= 11 is 1.54. The lowest BCUT2D eigenvalue weighted by Gasteiger charge is -2.31. The largest absolute Gasteiger partial charge is 0.467 e. The Hall–Kier alpha value is -2.49. The highest BCUT2D eigenvalue weighted by atomic mass is 32.2. The monoisotopic (exact) mass is 499 g/mol. The van der Waals surface area contributed by atoms with Gasteiger partial charge in [-0.2, -0.15) is 4.31 Å². The molecule has 1 aromatic heterocycles. The van der Waals surface area contributed by atoms with Gasteiger partial charge < -0.3 is 9.64 Å². The average molecular weight is 500 g/mol. The number of hydrogen-bond acceptors (Lipinski definition) is 6. The van der Waals surface area contributed by atoms with Crippen molar-refractivity contribution in [3.05, 3.63) is 54.1 Å². The predicted octanol–water partition coefficient (Wildman–Crippen LogP) is 4.40. The van der Waals surface area contributed by atoms with Crippen molar-refractivity contribution < 1.29 is 17.9 Å². The van der Waals surface area contributed by atoms with Gasteiger partial charge in [0.1, 0.15) is 6.10 Å². The standard InChI is InChI=1S/C25H29N3O4S2/c1-18-10-16-28(17-11-18)34(30,31)21-8-6-19(7-9-21)24(29)27-14-12-20(13-15-27)32-25-26-22-4-2-3-5-23(22)33-25/h2-9,18,20H,10-17H2,1H3. The van der Waals surface area contributed by atoms with E-state index in [1.807, 2.05) is 29.2 Å². The van der Waals surface area contributed by atoms with Gasteiger partial charge >= 0.3 is 0 Å². The van der Waals surface area contributed by atoms with Gasteiger partial charge in [-0.05, 0) is 55.2 Å². The van der Waals surface area contributed by atoms with Crippen LogP contribution in [0.5, 0.6) is 5.19 Å². The fraction of sp³-hybridized carbons (Fsp3) is 0.440. The molecule has 2 aliphatic rings. The number of piperidine rings is 2. The second-order valence-electron chi connectivity index (χ2n) is 9.17. The number of thiazole rings is 1. The van der Waals surface area contributed by atoms with Crippen LogP contribution in [0, 0.1) is 5.92 Å². The number of amides is 1. The maximum atomic E-state index is 13.0. The van der Waals surface area contributed by atoms with Crippen molar-refractivity contribution in [1.82, 2.24) is 14.2 Å². The number of carbonyl (C=O) groups excluding carboxylic acids is 1. The Balaban J connectivity index is 1.17. The number of ether oxygens (including phenoxy) is 1. The number of sulfonamides is 1. The van der Waals surface area contributed by atoms with Gasteiger partial charge in [-0.3, -0.25) is 4.79 Å². The number of hydrogen-bond donors (Lipinski definition) is 0. The molecule has 0 N–H and O–H groups in total. The zero-order valence-electron chi connectivity index (χ0n) is 19.2. The smallest absolute Gasteiger partial charge is 0.274 e. The normalized spacial score (nSPS) is 18.9. The minimum Gasteiger partial charge on any atom is -0.467 e. The molecule has 9 heteroatoms. The second-order valence-corrected chi connectivity index (χ2v) is 12.1. The number of aromatic nitrogens is 1. The molecule has 34 heavy (non-hydrogen) atoms. The molecular weight excluding hydrogens is 470 g/mol. The summed E-state index contributed by atoms with van der Waals surface area (Å²) in [5.41, 5.74) is 1.45. The molecule has 7 nitrogen and oxygen atoms in total. The zero-order valence-corrected chi connectivity index (χ0v) is 20.9. The predicted molar refractivity (Wildman–Crippen MR) is 133 cm³/mol. The van der Waals surface area contributed by atoms with E-state index in [9.17, 15) is 13.2 Å². The third kappa shape index (κ3) is 4.82. The Morgan fingerprint density at radius 3 is 2.32 bits per heavy atom. The molecule has 0 saturated carbocycles. The molecule has 0 radical (unpaired) electrons. The van der Waals surface area contributed by atoms with Crippen molar-refractivity contribution in [2.45, 2.75) is 43.6 Å². The average Bonchev–Trinajstić information content (AvgIpc) is 3.27. The summed E-state index contributed by atoms with van der Waals surface area (Å²) in [5, 5.41) is 0.672. The van der Waals surface area contributed by atoms with Crippen LogP contribution in [0.3, 0.4) is 0 Å². The van der Waals surface area contributed by atoms with Gasteiger partial charge in [0.25, 0.3) is 11.1 Å². The van der Waals surface area contributed by atoms with E-state index in [1.165, 1.54) is 0 Å². The zero-order chi connectivity index (χ0) is 23.7. The molecule has 0 spiro atoms. The third-order valence-corrected chi connectivity index (χ3v) is 9.59. The molecule has 0 atom stereocenters. The first kappa shape index (κ1) is 23.3. The summed E-state index contributed by atoms with van der Waals surface area (Å²) in [5.74, 6) is 0.483. The number of nitrogens with zero attached hydrogens (tertiary/aromatic N) is 3. The Kier molecular flexibility index (Phi) is 6.59. The maximum Gasteiger partial charge on any atom is 0.274 e. The fourth-order valence-electron chi connectivity index (χ4n) is 4.55. The summed E-state index contributed by atoms with van der Waals surface area (Å²) in [6.07, 6.45) is 3.27. The maximum absolute atomic E-state index is 13.0. The summed E-state index contributed by atoms with van der Waals surface area (Å²) in [7, 11) is -3.51. The van der Waals surface area contributed by atoms with Crippen molar-refractivity contribution in [3.8, 4) is 5.19 Å². The molecule has 3 heterocycles. The van der Waals surface area contributed by atoms with Crippen LogP contribution >= 0.6 is 11.3 Å². The van der Waals surface area contributed by atoms with E-state index in [0.717, 1.165) is 35.9 Å². The van der Waals surface area contributed by atoms with E-state index in [-0.39, 0.29) is 16.9 Å². The van der Waals surface area contributed by atoms with Crippen LogP contribution in [0.25, 0.3) is 10.2 Å². The number of carbonyl (C=O) groups is 1. The molecule has 5 rings (SSSR count). The van der Waals surface area contributed by atoms with Gasteiger partial charge in [0.05, 0.1) is 15.1 Å².